The van der Waals surface area contributed by atoms with E-state index in [4.69, 9.17) is 4.74 Å². The zero-order chi connectivity index (χ0) is 24.0. The number of anilines is 3. The van der Waals surface area contributed by atoms with E-state index in [0.717, 1.165) is 58.0 Å². The Morgan fingerprint density at radius 2 is 2.03 bits per heavy atom. The van der Waals surface area contributed by atoms with Crippen LogP contribution in [0.2, 0.25) is 0 Å². The van der Waals surface area contributed by atoms with Gasteiger partial charge in [0.25, 0.3) is 11.5 Å². The molecule has 10 nitrogen and oxygen atoms in total. The lowest BCUT2D eigenvalue weighted by molar-refractivity contribution is -0.0334. The standard InChI is InChI=1S/C25H31N7O3/c1-26-21-14-20(30-22-18(15-27-32(21)22)23(33)28-16-5-6-16)29-19-4-2-12-31(24(19)34)17-7-10-25(11-8-17)9-3-13-35-25/h2,4,12,14-17,26H,3,5-11,13H2,1H3,(H,28,33)(H,29,30)/t17-,25-. The number of fused-ring (bicyclic) bond motifs is 1. The van der Waals surface area contributed by atoms with Crippen molar-refractivity contribution in [2.24, 2.45) is 0 Å². The van der Waals surface area contributed by atoms with Crippen LogP contribution in [0.1, 0.15) is 67.8 Å². The summed E-state index contributed by atoms with van der Waals surface area (Å²) >= 11 is 0. The summed E-state index contributed by atoms with van der Waals surface area (Å²) in [5.74, 6) is 0.950. The molecule has 3 aliphatic rings. The van der Waals surface area contributed by atoms with E-state index in [1.54, 1.807) is 23.7 Å². The zero-order valence-electron chi connectivity index (χ0n) is 19.9. The van der Waals surface area contributed by atoms with E-state index >= 15 is 0 Å². The highest BCUT2D eigenvalue weighted by molar-refractivity contribution is 6.00. The summed E-state index contributed by atoms with van der Waals surface area (Å²) in [4.78, 5) is 30.7. The molecule has 2 saturated carbocycles. The number of hydrogen-bond donors (Lipinski definition) is 3. The van der Waals surface area contributed by atoms with Crippen LogP contribution < -0.4 is 21.5 Å². The highest BCUT2D eigenvalue weighted by atomic mass is 16.5. The van der Waals surface area contributed by atoms with Crippen molar-refractivity contribution >= 4 is 28.9 Å². The number of nitrogens with zero attached hydrogens (tertiary/aromatic N) is 4. The van der Waals surface area contributed by atoms with Gasteiger partial charge in [0.15, 0.2) is 5.65 Å². The van der Waals surface area contributed by atoms with Gasteiger partial charge in [-0.3, -0.25) is 9.59 Å². The van der Waals surface area contributed by atoms with E-state index in [9.17, 15) is 9.59 Å². The lowest BCUT2D eigenvalue weighted by atomic mass is 9.80. The molecule has 3 aromatic heterocycles. The van der Waals surface area contributed by atoms with Gasteiger partial charge in [0, 0.05) is 38.0 Å². The molecule has 4 heterocycles. The Morgan fingerprint density at radius 3 is 2.74 bits per heavy atom. The molecule has 2 aliphatic carbocycles. The van der Waals surface area contributed by atoms with Crippen LogP contribution in [0.3, 0.4) is 0 Å². The van der Waals surface area contributed by atoms with E-state index in [1.165, 1.54) is 6.20 Å². The van der Waals surface area contributed by atoms with Gasteiger partial charge in [0.05, 0.1) is 11.8 Å². The number of ether oxygens (including phenoxy) is 1. The van der Waals surface area contributed by atoms with Gasteiger partial charge in [-0.2, -0.15) is 9.61 Å². The Labute approximate surface area is 203 Å². The predicted molar refractivity (Wildman–Crippen MR) is 132 cm³/mol. The van der Waals surface area contributed by atoms with E-state index < -0.39 is 0 Å². The fourth-order valence-electron chi connectivity index (χ4n) is 5.44. The van der Waals surface area contributed by atoms with Gasteiger partial charge in [0.2, 0.25) is 0 Å². The number of hydrogen-bond acceptors (Lipinski definition) is 7. The van der Waals surface area contributed by atoms with Gasteiger partial charge in [-0.1, -0.05) is 0 Å². The average Bonchev–Trinajstić information content (AvgIpc) is 3.39. The van der Waals surface area contributed by atoms with Crippen LogP contribution in [0.15, 0.2) is 35.4 Å². The van der Waals surface area contributed by atoms with Gasteiger partial charge in [0.1, 0.15) is 22.9 Å². The number of amides is 1. The summed E-state index contributed by atoms with van der Waals surface area (Å²) in [6, 6.07) is 5.84. The highest BCUT2D eigenvalue weighted by Gasteiger charge is 2.39. The van der Waals surface area contributed by atoms with Crippen LogP contribution in [-0.2, 0) is 4.74 Å². The van der Waals surface area contributed by atoms with Crippen LogP contribution in [0.5, 0.6) is 0 Å². The third-order valence-electron chi connectivity index (χ3n) is 7.57. The van der Waals surface area contributed by atoms with Crippen molar-refractivity contribution in [3.63, 3.8) is 0 Å². The Morgan fingerprint density at radius 1 is 1.20 bits per heavy atom. The van der Waals surface area contributed by atoms with Crippen molar-refractivity contribution in [1.29, 1.82) is 0 Å². The van der Waals surface area contributed by atoms with Crippen LogP contribution >= 0.6 is 0 Å². The molecule has 3 fully saturated rings. The van der Waals surface area contributed by atoms with E-state index in [0.29, 0.717) is 28.5 Å². The number of carbonyl (C=O) groups is 1. The van der Waals surface area contributed by atoms with Crippen LogP contribution in [0.25, 0.3) is 5.65 Å². The topological polar surface area (TPSA) is 115 Å². The normalized spacial score (nSPS) is 24.1. The van der Waals surface area contributed by atoms with E-state index in [2.05, 4.69) is 26.0 Å². The zero-order valence-corrected chi connectivity index (χ0v) is 19.9. The summed E-state index contributed by atoms with van der Waals surface area (Å²) in [5, 5.41) is 13.6. The maximum Gasteiger partial charge on any atom is 0.274 e. The number of nitrogens with one attached hydrogen (secondary N) is 3. The molecule has 1 saturated heterocycles. The molecular formula is C25H31N7O3. The van der Waals surface area contributed by atoms with Crippen LogP contribution in [0.4, 0.5) is 17.3 Å². The second kappa shape index (κ2) is 8.67. The van der Waals surface area contributed by atoms with Gasteiger partial charge in [-0.25, -0.2) is 4.98 Å². The quantitative estimate of drug-likeness (QED) is 0.499. The smallest absolute Gasteiger partial charge is 0.274 e. The lowest BCUT2D eigenvalue weighted by Crippen LogP contribution is -2.36. The minimum Gasteiger partial charge on any atom is -0.375 e. The summed E-state index contributed by atoms with van der Waals surface area (Å²) in [7, 11) is 1.78. The summed E-state index contributed by atoms with van der Waals surface area (Å²) in [6.45, 7) is 0.858. The first-order chi connectivity index (χ1) is 17.0. The molecule has 0 unspecified atom stereocenters. The molecule has 6 rings (SSSR count). The molecule has 184 valence electrons. The average molecular weight is 478 g/mol. The van der Waals surface area contributed by atoms with Gasteiger partial charge in [-0.05, 0) is 63.5 Å². The first-order valence-corrected chi connectivity index (χ1v) is 12.5. The van der Waals surface area contributed by atoms with Crippen LogP contribution in [-0.4, -0.2) is 50.4 Å². The van der Waals surface area contributed by atoms with Gasteiger partial charge < -0.3 is 25.3 Å². The van der Waals surface area contributed by atoms with Crippen molar-refractivity contribution in [2.75, 3.05) is 24.3 Å². The van der Waals surface area contributed by atoms with E-state index in [1.807, 2.05) is 16.8 Å². The monoisotopic (exact) mass is 477 g/mol. The summed E-state index contributed by atoms with van der Waals surface area (Å²) in [6.07, 6.45) is 11.5. The molecule has 3 aromatic rings. The first kappa shape index (κ1) is 22.1. The number of pyridine rings is 1. The Kier molecular flexibility index (Phi) is 5.47. The highest BCUT2D eigenvalue weighted by Crippen LogP contribution is 2.42. The third-order valence-corrected chi connectivity index (χ3v) is 7.57. The number of rotatable bonds is 6. The lowest BCUT2D eigenvalue weighted by Gasteiger charge is -2.37. The second-order valence-electron chi connectivity index (χ2n) is 9.94. The molecule has 0 radical (unpaired) electrons. The molecule has 0 atom stereocenters. The first-order valence-electron chi connectivity index (χ1n) is 12.5. The summed E-state index contributed by atoms with van der Waals surface area (Å²) in [5.41, 5.74) is 1.25. The van der Waals surface area contributed by atoms with Gasteiger partial charge in [-0.15, -0.1) is 0 Å². The molecule has 35 heavy (non-hydrogen) atoms. The molecule has 3 N–H and O–H groups in total. The maximum absolute atomic E-state index is 13.4. The van der Waals surface area contributed by atoms with Crippen molar-refractivity contribution in [2.45, 2.75) is 69.1 Å². The molecule has 0 aromatic carbocycles. The summed E-state index contributed by atoms with van der Waals surface area (Å²) < 4.78 is 9.49. The Hall–Kier alpha value is -3.40. The van der Waals surface area contributed by atoms with E-state index in [-0.39, 0.29) is 29.2 Å². The number of aromatic nitrogens is 4. The third kappa shape index (κ3) is 4.16. The molecule has 10 heteroatoms. The minimum atomic E-state index is -0.183. The Balaban J connectivity index is 1.27. The SMILES string of the molecule is CNc1cc(Nc2cccn([C@H]3CC[C@@]4(CCCO4)CC3)c2=O)nc2c(C(=O)NC3CC3)cnn12. The van der Waals surface area contributed by atoms with Gasteiger partial charge >= 0.3 is 0 Å². The fourth-order valence-corrected chi connectivity index (χ4v) is 5.44. The van der Waals surface area contributed by atoms with Crippen molar-refractivity contribution in [3.05, 3.63) is 46.5 Å². The van der Waals surface area contributed by atoms with Crippen molar-refractivity contribution in [1.82, 2.24) is 24.5 Å². The van der Waals surface area contributed by atoms with Crippen LogP contribution in [0, 0.1) is 0 Å². The number of carbonyl (C=O) groups excluding carboxylic acids is 1. The van der Waals surface area contributed by atoms with Crippen molar-refractivity contribution in [3.8, 4) is 0 Å². The predicted octanol–water partition coefficient (Wildman–Crippen LogP) is 3.23. The Bertz CT molecular complexity index is 1310. The second-order valence-corrected chi connectivity index (χ2v) is 9.94. The fraction of sp³-hybridized carbons (Fsp3) is 0.520. The maximum atomic E-state index is 13.4. The molecule has 1 amide bonds. The molecular weight excluding hydrogens is 446 g/mol. The largest absolute Gasteiger partial charge is 0.375 e. The molecule has 1 spiro atoms. The minimum absolute atomic E-state index is 0.0353. The molecule has 0 bridgehead atoms. The van der Waals surface area contributed by atoms with Crippen molar-refractivity contribution < 1.29 is 9.53 Å². The molecule has 1 aliphatic heterocycles.